The Morgan fingerprint density at radius 3 is 2.80 bits per heavy atom. The number of hydrogen-bond acceptors (Lipinski definition) is 4. The minimum atomic E-state index is 0.321. The van der Waals surface area contributed by atoms with E-state index in [1.165, 1.54) is 0 Å². The van der Waals surface area contributed by atoms with Gasteiger partial charge < -0.3 is 14.1 Å². The summed E-state index contributed by atoms with van der Waals surface area (Å²) < 4.78 is 10.4. The van der Waals surface area contributed by atoms with Crippen molar-refractivity contribution in [2.24, 2.45) is 0 Å². The number of ether oxygens (including phenoxy) is 1. The molecular weight excluding hydrogens is 216 g/mol. The molecule has 0 N–H and O–H groups in total. The molecule has 0 fully saturated rings. The van der Waals surface area contributed by atoms with E-state index < -0.39 is 0 Å². The van der Waals surface area contributed by atoms with E-state index in [0.29, 0.717) is 24.5 Å². The molecule has 0 aliphatic rings. The molecule has 0 saturated carbocycles. The van der Waals surface area contributed by atoms with Gasteiger partial charge in [-0.1, -0.05) is 0 Å². The predicted octanol–water partition coefficient (Wildman–Crippen LogP) is 2.27. The molecule has 0 amide bonds. The predicted molar refractivity (Wildman–Crippen MR) is 60.4 cm³/mol. The second kappa shape index (κ2) is 5.98. The van der Waals surface area contributed by atoms with Gasteiger partial charge in [-0.15, -0.1) is 11.6 Å². The van der Waals surface area contributed by atoms with Gasteiger partial charge in [0.05, 0.1) is 18.2 Å². The van der Waals surface area contributed by atoms with Crippen LogP contribution in [0.1, 0.15) is 19.5 Å². The Labute approximate surface area is 95.2 Å². The summed E-state index contributed by atoms with van der Waals surface area (Å²) in [6.45, 7) is 5.58. The van der Waals surface area contributed by atoms with Crippen LogP contribution in [0.25, 0.3) is 0 Å². The molecule has 1 rings (SSSR count). The van der Waals surface area contributed by atoms with Crippen molar-refractivity contribution < 1.29 is 9.15 Å². The van der Waals surface area contributed by atoms with Gasteiger partial charge in [0.2, 0.25) is 0 Å². The first-order valence-electron chi connectivity index (χ1n) is 4.95. The van der Waals surface area contributed by atoms with Crippen molar-refractivity contribution in [3.05, 3.63) is 12.0 Å². The molecule has 4 nitrogen and oxygen atoms in total. The molecule has 0 atom stereocenters. The molecule has 1 aromatic rings. The molecule has 0 unspecified atom stereocenters. The fourth-order valence-electron chi connectivity index (χ4n) is 1.25. The summed E-state index contributed by atoms with van der Waals surface area (Å²) in [6, 6.07) is 0.930. The van der Waals surface area contributed by atoms with Gasteiger partial charge in [-0.2, -0.15) is 4.98 Å². The first-order valence-corrected chi connectivity index (χ1v) is 5.48. The summed E-state index contributed by atoms with van der Waals surface area (Å²) in [7, 11) is 1.68. The third kappa shape index (κ3) is 3.39. The fraction of sp³-hybridized carbons (Fsp3) is 0.700. The van der Waals surface area contributed by atoms with Gasteiger partial charge in [0.25, 0.3) is 6.01 Å². The third-order valence-electron chi connectivity index (χ3n) is 2.08. The summed E-state index contributed by atoms with van der Waals surface area (Å²) in [5.41, 5.74) is 0.759. The molecule has 1 aromatic heterocycles. The summed E-state index contributed by atoms with van der Waals surface area (Å²) in [5.74, 6) is 0.375. The van der Waals surface area contributed by atoms with Gasteiger partial charge in [-0.05, 0) is 13.8 Å². The molecule has 0 radical (unpaired) electrons. The highest BCUT2D eigenvalue weighted by Crippen LogP contribution is 2.17. The van der Waals surface area contributed by atoms with Crippen LogP contribution >= 0.6 is 11.6 Å². The highest BCUT2D eigenvalue weighted by atomic mass is 35.5. The van der Waals surface area contributed by atoms with Gasteiger partial charge in [0, 0.05) is 19.7 Å². The molecule has 0 saturated heterocycles. The Hall–Kier alpha value is -0.740. The third-order valence-corrected chi connectivity index (χ3v) is 2.36. The van der Waals surface area contributed by atoms with Crippen molar-refractivity contribution in [2.75, 3.05) is 25.2 Å². The van der Waals surface area contributed by atoms with Crippen molar-refractivity contribution in [1.29, 1.82) is 0 Å². The Bertz CT molecular complexity index is 289. The lowest BCUT2D eigenvalue weighted by molar-refractivity contribution is 0.202. The Kier molecular flexibility index (Phi) is 4.91. The molecular formula is C10H17ClN2O2. The fourth-order valence-corrected chi connectivity index (χ4v) is 1.38. The average molecular weight is 233 g/mol. The quantitative estimate of drug-likeness (QED) is 0.706. The standard InChI is InChI=1S/C10H17ClN2O2/c1-8(2)13(4-5-14-3)10-12-9(6-11)7-15-10/h7-8H,4-6H2,1-3H3. The van der Waals surface area contributed by atoms with E-state index in [-0.39, 0.29) is 0 Å². The van der Waals surface area contributed by atoms with Gasteiger partial charge in [-0.3, -0.25) is 0 Å². The second-order valence-corrected chi connectivity index (χ2v) is 3.80. The number of alkyl halides is 1. The van der Waals surface area contributed by atoms with Crippen LogP contribution in [-0.4, -0.2) is 31.3 Å². The Balaban J connectivity index is 2.70. The van der Waals surface area contributed by atoms with Crippen LogP contribution in [0.15, 0.2) is 10.7 Å². The number of methoxy groups -OCH3 is 1. The molecule has 0 aromatic carbocycles. The maximum Gasteiger partial charge on any atom is 0.297 e. The van der Waals surface area contributed by atoms with Crippen LogP contribution in [0.2, 0.25) is 0 Å². The van der Waals surface area contributed by atoms with E-state index in [4.69, 9.17) is 20.8 Å². The summed E-state index contributed by atoms with van der Waals surface area (Å²) in [4.78, 5) is 6.32. The van der Waals surface area contributed by atoms with Crippen LogP contribution in [0.5, 0.6) is 0 Å². The highest BCUT2D eigenvalue weighted by Gasteiger charge is 2.15. The summed E-state index contributed by atoms with van der Waals surface area (Å²) >= 11 is 5.66. The lowest BCUT2D eigenvalue weighted by Gasteiger charge is -2.24. The zero-order valence-electron chi connectivity index (χ0n) is 9.36. The minimum absolute atomic E-state index is 0.321. The van der Waals surface area contributed by atoms with E-state index >= 15 is 0 Å². The molecule has 0 aliphatic carbocycles. The van der Waals surface area contributed by atoms with Crippen LogP contribution in [-0.2, 0) is 10.6 Å². The van der Waals surface area contributed by atoms with Crippen molar-refractivity contribution in [3.8, 4) is 0 Å². The minimum Gasteiger partial charge on any atom is -0.432 e. The molecule has 1 heterocycles. The molecule has 15 heavy (non-hydrogen) atoms. The van der Waals surface area contributed by atoms with E-state index in [0.717, 1.165) is 12.2 Å². The lowest BCUT2D eigenvalue weighted by atomic mass is 10.3. The van der Waals surface area contributed by atoms with E-state index in [1.54, 1.807) is 13.4 Å². The lowest BCUT2D eigenvalue weighted by Crippen LogP contribution is -2.34. The Morgan fingerprint density at radius 1 is 1.60 bits per heavy atom. The second-order valence-electron chi connectivity index (χ2n) is 3.53. The maximum absolute atomic E-state index is 5.66. The van der Waals surface area contributed by atoms with Gasteiger partial charge >= 0.3 is 0 Å². The molecule has 0 bridgehead atoms. The largest absolute Gasteiger partial charge is 0.432 e. The number of hydrogen-bond donors (Lipinski definition) is 0. The van der Waals surface area contributed by atoms with Crippen molar-refractivity contribution in [2.45, 2.75) is 25.8 Å². The molecule has 0 spiro atoms. The van der Waals surface area contributed by atoms with Crippen LogP contribution in [0, 0.1) is 0 Å². The monoisotopic (exact) mass is 232 g/mol. The number of anilines is 1. The van der Waals surface area contributed by atoms with E-state index in [1.807, 2.05) is 4.90 Å². The SMILES string of the molecule is COCCN(c1nc(CCl)co1)C(C)C. The highest BCUT2D eigenvalue weighted by molar-refractivity contribution is 6.16. The number of nitrogens with zero attached hydrogens (tertiary/aromatic N) is 2. The van der Waals surface area contributed by atoms with Crippen LogP contribution in [0.4, 0.5) is 6.01 Å². The molecule has 5 heteroatoms. The molecule has 86 valence electrons. The van der Waals surface area contributed by atoms with Gasteiger partial charge in [-0.25, -0.2) is 0 Å². The summed E-state index contributed by atoms with van der Waals surface area (Å²) in [5, 5.41) is 0. The zero-order valence-corrected chi connectivity index (χ0v) is 10.1. The molecule has 0 aliphatic heterocycles. The number of oxazole rings is 1. The smallest absolute Gasteiger partial charge is 0.297 e. The van der Waals surface area contributed by atoms with Crippen molar-refractivity contribution in [1.82, 2.24) is 4.98 Å². The number of aromatic nitrogens is 1. The first-order chi connectivity index (χ1) is 7.19. The van der Waals surface area contributed by atoms with E-state index in [2.05, 4.69) is 18.8 Å². The maximum atomic E-state index is 5.66. The van der Waals surface area contributed by atoms with Gasteiger partial charge in [0.15, 0.2) is 0 Å². The average Bonchev–Trinajstić information content (AvgIpc) is 2.66. The summed E-state index contributed by atoms with van der Waals surface area (Å²) in [6.07, 6.45) is 1.59. The van der Waals surface area contributed by atoms with Crippen molar-refractivity contribution >= 4 is 17.6 Å². The van der Waals surface area contributed by atoms with Gasteiger partial charge in [0.1, 0.15) is 6.26 Å². The first kappa shape index (κ1) is 12.3. The van der Waals surface area contributed by atoms with Crippen LogP contribution < -0.4 is 4.90 Å². The Morgan fingerprint density at radius 2 is 2.33 bits per heavy atom. The topological polar surface area (TPSA) is 38.5 Å². The number of rotatable bonds is 6. The van der Waals surface area contributed by atoms with Crippen LogP contribution in [0.3, 0.4) is 0 Å². The normalized spacial score (nSPS) is 11.0. The number of halogens is 1. The van der Waals surface area contributed by atoms with E-state index in [9.17, 15) is 0 Å². The van der Waals surface area contributed by atoms with Crippen molar-refractivity contribution in [3.63, 3.8) is 0 Å². The zero-order chi connectivity index (χ0) is 11.3.